The van der Waals surface area contributed by atoms with Gasteiger partial charge in [0.1, 0.15) is 6.61 Å². The van der Waals surface area contributed by atoms with Crippen LogP contribution >= 0.6 is 27.5 Å². The minimum Gasteiger partial charge on any atom is -0.490 e. The van der Waals surface area contributed by atoms with Crippen LogP contribution in [0, 0.1) is 6.92 Å². The van der Waals surface area contributed by atoms with Gasteiger partial charge in [0, 0.05) is 37.6 Å². The average molecular weight is 643 g/mol. The molecule has 0 aliphatic carbocycles. The summed E-state index contributed by atoms with van der Waals surface area (Å²) in [6.45, 7) is 4.72. The lowest BCUT2D eigenvalue weighted by molar-refractivity contribution is 0.0955. The Morgan fingerprint density at radius 1 is 0.929 bits per heavy atom. The highest BCUT2D eigenvalue weighted by Crippen LogP contribution is 2.34. The lowest BCUT2D eigenvalue weighted by Gasteiger charge is -2.14. The maximum Gasteiger partial charge on any atom is 0.271 e. The monoisotopic (exact) mass is 641 g/mol. The predicted molar refractivity (Wildman–Crippen MR) is 172 cm³/mol. The molecule has 0 radical (unpaired) electrons. The summed E-state index contributed by atoms with van der Waals surface area (Å²) in [6, 6.07) is 33.0. The Bertz CT molecular complexity index is 1720. The standard InChI is InChI=1S/C34H29BrClN3O3/c1-3-41-32-19-27(29(35)20-33(32)42-22-26-11-7-8-12-30(26)36)21-37-38-34(40)25-14-16-28(17-15-25)39-23(2)13-18-31(39)24-9-5-4-6-10-24/h4-21H,3,22H2,1-2H3,(H,38,40)/b37-21+. The first-order valence-electron chi connectivity index (χ1n) is 13.4. The minimum atomic E-state index is -0.314. The van der Waals surface area contributed by atoms with E-state index in [1.165, 1.54) is 0 Å². The van der Waals surface area contributed by atoms with E-state index in [0.29, 0.717) is 35.3 Å². The number of benzene rings is 4. The second-order valence-corrected chi connectivity index (χ2v) is 10.7. The van der Waals surface area contributed by atoms with Crippen LogP contribution in [0.15, 0.2) is 113 Å². The number of carbonyl (C=O) groups is 1. The minimum absolute atomic E-state index is 0.298. The molecule has 0 atom stereocenters. The number of aromatic nitrogens is 1. The lowest BCUT2D eigenvalue weighted by Crippen LogP contribution is -2.17. The van der Waals surface area contributed by atoms with E-state index in [2.05, 4.69) is 62.2 Å². The summed E-state index contributed by atoms with van der Waals surface area (Å²) in [7, 11) is 0. The molecule has 5 rings (SSSR count). The topological polar surface area (TPSA) is 64.8 Å². The number of hydrogen-bond donors (Lipinski definition) is 1. The number of carbonyl (C=O) groups excluding carboxylic acids is 1. The fourth-order valence-electron chi connectivity index (χ4n) is 4.50. The molecule has 4 aromatic carbocycles. The molecule has 0 saturated heterocycles. The predicted octanol–water partition coefficient (Wildman–Crippen LogP) is 8.61. The molecule has 6 nitrogen and oxygen atoms in total. The molecule has 212 valence electrons. The van der Waals surface area contributed by atoms with Gasteiger partial charge in [0.25, 0.3) is 5.91 Å². The van der Waals surface area contributed by atoms with Gasteiger partial charge in [0.15, 0.2) is 11.5 Å². The number of halogens is 2. The van der Waals surface area contributed by atoms with Crippen LogP contribution in [0.3, 0.4) is 0 Å². The molecule has 0 unspecified atom stereocenters. The van der Waals surface area contributed by atoms with Crippen LogP contribution in [0.2, 0.25) is 5.02 Å². The van der Waals surface area contributed by atoms with E-state index >= 15 is 0 Å². The zero-order chi connectivity index (χ0) is 29.5. The van der Waals surface area contributed by atoms with Gasteiger partial charge < -0.3 is 14.0 Å². The molecule has 0 fully saturated rings. The number of aryl methyl sites for hydroxylation is 1. The van der Waals surface area contributed by atoms with Crippen LogP contribution in [-0.4, -0.2) is 23.3 Å². The second-order valence-electron chi connectivity index (χ2n) is 9.44. The van der Waals surface area contributed by atoms with Crippen LogP contribution < -0.4 is 14.9 Å². The van der Waals surface area contributed by atoms with Crippen molar-refractivity contribution < 1.29 is 14.3 Å². The summed E-state index contributed by atoms with van der Waals surface area (Å²) in [4.78, 5) is 12.8. The number of nitrogens with zero attached hydrogens (tertiary/aromatic N) is 2. The van der Waals surface area contributed by atoms with Gasteiger partial charge in [-0.1, -0.05) is 60.1 Å². The Kier molecular flexibility index (Phi) is 9.41. The van der Waals surface area contributed by atoms with E-state index in [-0.39, 0.29) is 5.91 Å². The zero-order valence-electron chi connectivity index (χ0n) is 23.2. The van der Waals surface area contributed by atoms with E-state index in [4.69, 9.17) is 21.1 Å². The van der Waals surface area contributed by atoms with Crippen molar-refractivity contribution >= 4 is 39.7 Å². The maximum atomic E-state index is 12.8. The number of amides is 1. The molecular weight excluding hydrogens is 614 g/mol. The second kappa shape index (κ2) is 13.6. The van der Waals surface area contributed by atoms with E-state index in [9.17, 15) is 4.79 Å². The van der Waals surface area contributed by atoms with Crippen molar-refractivity contribution in [1.29, 1.82) is 0 Å². The normalized spacial score (nSPS) is 11.0. The Labute approximate surface area is 258 Å². The van der Waals surface area contributed by atoms with E-state index in [1.54, 1.807) is 18.3 Å². The highest BCUT2D eigenvalue weighted by atomic mass is 79.9. The molecule has 1 heterocycles. The van der Waals surface area contributed by atoms with E-state index < -0.39 is 0 Å². The summed E-state index contributed by atoms with van der Waals surface area (Å²) in [6.07, 6.45) is 1.56. The van der Waals surface area contributed by atoms with Crippen molar-refractivity contribution in [2.75, 3.05) is 6.61 Å². The highest BCUT2D eigenvalue weighted by Gasteiger charge is 2.13. The van der Waals surface area contributed by atoms with E-state index in [0.717, 1.165) is 38.2 Å². The molecular formula is C34H29BrClN3O3. The van der Waals surface area contributed by atoms with Gasteiger partial charge in [-0.05, 0) is 89.9 Å². The van der Waals surface area contributed by atoms with E-state index in [1.807, 2.05) is 73.7 Å². The quantitative estimate of drug-likeness (QED) is 0.123. The average Bonchev–Trinajstić information content (AvgIpc) is 3.40. The molecule has 0 aliphatic heterocycles. The van der Waals surface area contributed by atoms with Crippen molar-refractivity contribution in [3.05, 3.63) is 135 Å². The number of nitrogens with one attached hydrogen (secondary N) is 1. The Balaban J connectivity index is 1.27. The Morgan fingerprint density at radius 2 is 1.64 bits per heavy atom. The zero-order valence-corrected chi connectivity index (χ0v) is 25.5. The summed E-state index contributed by atoms with van der Waals surface area (Å²) < 4.78 is 14.7. The molecule has 1 N–H and O–H groups in total. The van der Waals surface area contributed by atoms with Crippen molar-refractivity contribution in [2.45, 2.75) is 20.5 Å². The Hall–Kier alpha value is -4.33. The fourth-order valence-corrected chi connectivity index (χ4v) is 5.12. The highest BCUT2D eigenvalue weighted by molar-refractivity contribution is 9.10. The molecule has 0 aliphatic rings. The van der Waals surface area contributed by atoms with Gasteiger partial charge in [0.2, 0.25) is 0 Å². The maximum absolute atomic E-state index is 12.8. The third-order valence-corrected chi connectivity index (χ3v) is 7.66. The molecule has 0 spiro atoms. The molecule has 0 saturated carbocycles. The van der Waals surface area contributed by atoms with Crippen LogP contribution in [0.4, 0.5) is 0 Å². The van der Waals surface area contributed by atoms with Crippen LogP contribution in [-0.2, 0) is 6.61 Å². The van der Waals surface area contributed by atoms with Gasteiger partial charge in [-0.3, -0.25) is 4.79 Å². The van der Waals surface area contributed by atoms with Crippen LogP contribution in [0.1, 0.15) is 34.1 Å². The first-order valence-corrected chi connectivity index (χ1v) is 14.6. The third kappa shape index (κ3) is 6.75. The number of rotatable bonds is 10. The van der Waals surface area contributed by atoms with Crippen molar-refractivity contribution in [3.63, 3.8) is 0 Å². The summed E-state index contributed by atoms with van der Waals surface area (Å²) in [5.41, 5.74) is 9.00. The molecule has 42 heavy (non-hydrogen) atoms. The van der Waals surface area contributed by atoms with Gasteiger partial charge in [-0.25, -0.2) is 5.43 Å². The smallest absolute Gasteiger partial charge is 0.271 e. The molecule has 0 bridgehead atoms. The first-order chi connectivity index (χ1) is 20.4. The van der Waals surface area contributed by atoms with Gasteiger partial charge in [-0.15, -0.1) is 0 Å². The van der Waals surface area contributed by atoms with Crippen molar-refractivity contribution in [1.82, 2.24) is 9.99 Å². The molecule has 1 aromatic heterocycles. The molecule has 1 amide bonds. The fraction of sp³-hybridized carbons (Fsp3) is 0.118. The largest absolute Gasteiger partial charge is 0.490 e. The summed E-state index contributed by atoms with van der Waals surface area (Å²) in [5.74, 6) is 0.815. The van der Waals surface area contributed by atoms with Gasteiger partial charge in [-0.2, -0.15) is 5.10 Å². The number of hydrazone groups is 1. The molecule has 5 aromatic rings. The van der Waals surface area contributed by atoms with Crippen molar-refractivity contribution in [2.24, 2.45) is 5.10 Å². The summed E-state index contributed by atoms with van der Waals surface area (Å²) in [5, 5.41) is 4.82. The van der Waals surface area contributed by atoms with Crippen LogP contribution in [0.5, 0.6) is 11.5 Å². The first kappa shape index (κ1) is 29.2. The lowest BCUT2D eigenvalue weighted by atomic mass is 10.1. The summed E-state index contributed by atoms with van der Waals surface area (Å²) >= 11 is 9.84. The van der Waals surface area contributed by atoms with Crippen LogP contribution in [0.25, 0.3) is 16.9 Å². The Morgan fingerprint density at radius 3 is 2.38 bits per heavy atom. The van der Waals surface area contributed by atoms with Gasteiger partial charge in [0.05, 0.1) is 18.5 Å². The number of hydrogen-bond acceptors (Lipinski definition) is 4. The number of ether oxygens (including phenoxy) is 2. The van der Waals surface area contributed by atoms with Crippen molar-refractivity contribution in [3.8, 4) is 28.4 Å². The SMILES string of the molecule is CCOc1cc(/C=N/NC(=O)c2ccc(-n3c(C)ccc3-c3ccccc3)cc2)c(Br)cc1OCc1ccccc1Cl. The van der Waals surface area contributed by atoms with Gasteiger partial charge >= 0.3 is 0 Å². The molecule has 8 heteroatoms. The third-order valence-electron chi connectivity index (χ3n) is 6.61.